The molecule has 2 aromatic rings. The molecule has 22 heavy (non-hydrogen) atoms. The van der Waals surface area contributed by atoms with Gasteiger partial charge >= 0.3 is 0 Å². The summed E-state index contributed by atoms with van der Waals surface area (Å²) in [6.45, 7) is 6.38. The van der Waals surface area contributed by atoms with Gasteiger partial charge in [0.05, 0.1) is 5.56 Å². The van der Waals surface area contributed by atoms with Crippen molar-refractivity contribution in [2.45, 2.75) is 50.2 Å². The van der Waals surface area contributed by atoms with Crippen molar-refractivity contribution in [3.63, 3.8) is 0 Å². The van der Waals surface area contributed by atoms with E-state index in [2.05, 4.69) is 36.3 Å². The van der Waals surface area contributed by atoms with Gasteiger partial charge in [-0.1, -0.05) is 50.7 Å². The lowest BCUT2D eigenvalue weighted by molar-refractivity contribution is 0.102. The van der Waals surface area contributed by atoms with E-state index < -0.39 is 0 Å². The maximum Gasteiger partial charge on any atom is 0.258 e. The molecule has 6 heteroatoms. The predicted octanol–water partition coefficient (Wildman–Crippen LogP) is 4.63. The fourth-order valence-corrected chi connectivity index (χ4v) is 3.64. The lowest BCUT2D eigenvalue weighted by Gasteiger charge is -2.10. The molecule has 2 rings (SSSR count). The van der Waals surface area contributed by atoms with Crippen LogP contribution < -0.4 is 5.32 Å². The molecule has 0 aliphatic rings. The first-order chi connectivity index (χ1) is 10.6. The molecule has 0 aliphatic carbocycles. The van der Waals surface area contributed by atoms with E-state index in [-0.39, 0.29) is 5.91 Å². The van der Waals surface area contributed by atoms with E-state index in [4.69, 9.17) is 0 Å². The number of anilines is 1. The van der Waals surface area contributed by atoms with Crippen LogP contribution in [0.2, 0.25) is 0 Å². The van der Waals surface area contributed by atoms with Crippen molar-refractivity contribution in [3.8, 4) is 0 Å². The van der Waals surface area contributed by atoms with Crippen molar-refractivity contribution in [1.29, 1.82) is 0 Å². The smallest absolute Gasteiger partial charge is 0.258 e. The second-order valence-electron chi connectivity index (χ2n) is 5.22. The first kappa shape index (κ1) is 17.0. The molecule has 1 N–H and O–H groups in total. The maximum absolute atomic E-state index is 12.5. The Kier molecular flexibility index (Phi) is 6.39. The molecule has 0 saturated carbocycles. The molecule has 0 atom stereocenters. The number of aromatic nitrogens is 2. The predicted molar refractivity (Wildman–Crippen MR) is 93.9 cm³/mol. The number of carbonyl (C=O) groups excluding carboxylic acids is 1. The Morgan fingerprint density at radius 2 is 2.09 bits per heavy atom. The van der Waals surface area contributed by atoms with E-state index in [1.165, 1.54) is 11.3 Å². The molecule has 1 aromatic heterocycles. The molecule has 1 heterocycles. The van der Waals surface area contributed by atoms with Crippen molar-refractivity contribution < 1.29 is 4.79 Å². The van der Waals surface area contributed by atoms with Gasteiger partial charge in [-0.25, -0.2) is 0 Å². The van der Waals surface area contributed by atoms with Gasteiger partial charge in [0.25, 0.3) is 5.91 Å². The standard InChI is InChI=1S/C16H21N3OS2/c1-4-5-10-14-18-19-16(22-14)17-15(20)12-8-6-7-9-13(12)21-11(2)3/h6-9,11H,4-5,10H2,1-3H3,(H,17,19,20). The van der Waals surface area contributed by atoms with Crippen LogP contribution >= 0.6 is 23.1 Å². The van der Waals surface area contributed by atoms with Gasteiger partial charge in [0, 0.05) is 16.6 Å². The van der Waals surface area contributed by atoms with E-state index in [1.54, 1.807) is 11.8 Å². The number of carbonyl (C=O) groups is 1. The molecule has 0 spiro atoms. The van der Waals surface area contributed by atoms with Crippen molar-refractivity contribution in [2.75, 3.05) is 5.32 Å². The average Bonchev–Trinajstić information content (AvgIpc) is 2.92. The number of hydrogen-bond acceptors (Lipinski definition) is 5. The van der Waals surface area contributed by atoms with E-state index in [9.17, 15) is 4.79 Å². The molecule has 0 radical (unpaired) electrons. The van der Waals surface area contributed by atoms with Crippen LogP contribution in [0.1, 0.15) is 49.0 Å². The maximum atomic E-state index is 12.5. The minimum absolute atomic E-state index is 0.123. The fraction of sp³-hybridized carbons (Fsp3) is 0.438. The second kappa shape index (κ2) is 8.29. The molecule has 1 aromatic carbocycles. The van der Waals surface area contributed by atoms with Crippen molar-refractivity contribution in [3.05, 3.63) is 34.8 Å². The zero-order valence-electron chi connectivity index (χ0n) is 13.1. The largest absolute Gasteiger partial charge is 0.296 e. The first-order valence-electron chi connectivity index (χ1n) is 7.49. The number of benzene rings is 1. The van der Waals surface area contributed by atoms with Gasteiger partial charge in [0.2, 0.25) is 5.13 Å². The Balaban J connectivity index is 2.07. The van der Waals surface area contributed by atoms with Crippen LogP contribution in [0.15, 0.2) is 29.2 Å². The lowest BCUT2D eigenvalue weighted by atomic mass is 10.2. The van der Waals surface area contributed by atoms with Gasteiger partial charge in [0.1, 0.15) is 5.01 Å². The van der Waals surface area contributed by atoms with Gasteiger partial charge in [-0.05, 0) is 18.6 Å². The van der Waals surface area contributed by atoms with Gasteiger partial charge in [-0.15, -0.1) is 22.0 Å². The van der Waals surface area contributed by atoms with Gasteiger partial charge in [-0.2, -0.15) is 0 Å². The minimum atomic E-state index is -0.123. The van der Waals surface area contributed by atoms with Crippen molar-refractivity contribution in [1.82, 2.24) is 10.2 Å². The van der Waals surface area contributed by atoms with Gasteiger partial charge < -0.3 is 0 Å². The highest BCUT2D eigenvalue weighted by Crippen LogP contribution is 2.27. The lowest BCUT2D eigenvalue weighted by Crippen LogP contribution is -2.13. The van der Waals surface area contributed by atoms with Gasteiger partial charge in [0.15, 0.2) is 0 Å². The number of unbranched alkanes of at least 4 members (excludes halogenated alkanes) is 1. The Morgan fingerprint density at radius 1 is 1.32 bits per heavy atom. The van der Waals surface area contributed by atoms with E-state index in [0.717, 1.165) is 29.2 Å². The van der Waals surface area contributed by atoms with Crippen LogP contribution in [-0.2, 0) is 6.42 Å². The third-order valence-electron chi connectivity index (χ3n) is 2.93. The zero-order chi connectivity index (χ0) is 15.9. The zero-order valence-corrected chi connectivity index (χ0v) is 14.8. The summed E-state index contributed by atoms with van der Waals surface area (Å²) in [7, 11) is 0. The summed E-state index contributed by atoms with van der Waals surface area (Å²) in [5.74, 6) is -0.123. The van der Waals surface area contributed by atoms with Crippen LogP contribution in [-0.4, -0.2) is 21.4 Å². The number of nitrogens with zero attached hydrogens (tertiary/aromatic N) is 2. The molecule has 0 saturated heterocycles. The Labute approximate surface area is 139 Å². The van der Waals surface area contributed by atoms with Crippen LogP contribution in [0.5, 0.6) is 0 Å². The van der Waals surface area contributed by atoms with Crippen LogP contribution in [0.25, 0.3) is 0 Å². The summed E-state index contributed by atoms with van der Waals surface area (Å²) < 4.78 is 0. The van der Waals surface area contributed by atoms with Gasteiger partial charge in [-0.3, -0.25) is 10.1 Å². The summed E-state index contributed by atoms with van der Waals surface area (Å²) >= 11 is 3.14. The molecule has 0 aliphatic heterocycles. The molecular formula is C16H21N3OS2. The molecule has 118 valence electrons. The summed E-state index contributed by atoms with van der Waals surface area (Å²) in [4.78, 5) is 13.4. The summed E-state index contributed by atoms with van der Waals surface area (Å²) in [5.41, 5.74) is 0.687. The Bertz CT molecular complexity index is 625. The van der Waals surface area contributed by atoms with E-state index in [1.807, 2.05) is 24.3 Å². The molecule has 0 unspecified atom stereocenters. The third-order valence-corrected chi connectivity index (χ3v) is 4.91. The number of hydrogen-bond donors (Lipinski definition) is 1. The first-order valence-corrected chi connectivity index (χ1v) is 9.19. The second-order valence-corrected chi connectivity index (χ2v) is 7.90. The van der Waals surface area contributed by atoms with E-state index >= 15 is 0 Å². The van der Waals surface area contributed by atoms with Crippen LogP contribution in [0.3, 0.4) is 0 Å². The van der Waals surface area contributed by atoms with Crippen LogP contribution in [0, 0.1) is 0 Å². The van der Waals surface area contributed by atoms with Crippen LogP contribution in [0.4, 0.5) is 5.13 Å². The van der Waals surface area contributed by atoms with Crippen molar-refractivity contribution in [2.24, 2.45) is 0 Å². The van der Waals surface area contributed by atoms with E-state index in [0.29, 0.717) is 15.9 Å². The molecule has 0 bridgehead atoms. The third kappa shape index (κ3) is 4.81. The number of rotatable bonds is 7. The monoisotopic (exact) mass is 335 g/mol. The quantitative estimate of drug-likeness (QED) is 0.749. The summed E-state index contributed by atoms with van der Waals surface area (Å²) in [5, 5.41) is 13.0. The number of thioether (sulfide) groups is 1. The topological polar surface area (TPSA) is 54.9 Å². The summed E-state index contributed by atoms with van der Waals surface area (Å²) in [6.07, 6.45) is 3.14. The fourth-order valence-electron chi connectivity index (χ4n) is 1.91. The molecule has 4 nitrogen and oxygen atoms in total. The molecular weight excluding hydrogens is 314 g/mol. The number of aryl methyl sites for hydroxylation is 1. The Hall–Kier alpha value is -1.40. The minimum Gasteiger partial charge on any atom is -0.296 e. The average molecular weight is 335 g/mol. The molecule has 0 fully saturated rings. The number of amides is 1. The number of nitrogens with one attached hydrogen (secondary N) is 1. The highest BCUT2D eigenvalue weighted by atomic mass is 32.2. The SMILES string of the molecule is CCCCc1nnc(NC(=O)c2ccccc2SC(C)C)s1. The van der Waals surface area contributed by atoms with Crippen molar-refractivity contribution >= 4 is 34.1 Å². The highest BCUT2D eigenvalue weighted by Gasteiger charge is 2.14. The Morgan fingerprint density at radius 3 is 2.82 bits per heavy atom. The molecule has 1 amide bonds. The highest BCUT2D eigenvalue weighted by molar-refractivity contribution is 8.00. The normalized spacial score (nSPS) is 10.9. The summed E-state index contributed by atoms with van der Waals surface area (Å²) in [6, 6.07) is 7.66.